The van der Waals surface area contributed by atoms with Gasteiger partial charge in [-0.15, -0.1) is 0 Å². The molecule has 1 aromatic carbocycles. The predicted octanol–water partition coefficient (Wildman–Crippen LogP) is 5.55. The van der Waals surface area contributed by atoms with Crippen LogP contribution in [0.25, 0.3) is 10.9 Å². The summed E-state index contributed by atoms with van der Waals surface area (Å²) in [5, 5.41) is 11.6. The highest BCUT2D eigenvalue weighted by atomic mass is 16.3. The van der Waals surface area contributed by atoms with E-state index in [1.54, 1.807) is 0 Å². The Bertz CT molecular complexity index is 747. The number of piperidine rings is 1. The van der Waals surface area contributed by atoms with E-state index in [-0.39, 0.29) is 0 Å². The van der Waals surface area contributed by atoms with Gasteiger partial charge >= 0.3 is 0 Å². The van der Waals surface area contributed by atoms with Gasteiger partial charge in [0.05, 0.1) is 6.10 Å². The van der Waals surface area contributed by atoms with Crippen LogP contribution in [0.2, 0.25) is 0 Å². The lowest BCUT2D eigenvalue weighted by Gasteiger charge is -2.42. The minimum Gasteiger partial charge on any atom is -0.387 e. The number of aliphatic hydroxyl groups excluding tert-OH is 1. The molecular weight excluding hydrogens is 332 g/mol. The Kier molecular flexibility index (Phi) is 5.61. The second-order valence-corrected chi connectivity index (χ2v) is 9.25. The fraction of sp³-hybridized carbons (Fsp3) is 0.667. The van der Waals surface area contributed by atoms with Gasteiger partial charge in [0.2, 0.25) is 0 Å². The number of para-hydroxylation sites is 1. The number of hydrogen-bond donors (Lipinski definition) is 1. The molecule has 3 heteroatoms. The molecule has 2 heterocycles. The Morgan fingerprint density at radius 2 is 1.56 bits per heavy atom. The van der Waals surface area contributed by atoms with E-state index < -0.39 is 6.10 Å². The van der Waals surface area contributed by atoms with Gasteiger partial charge in [0, 0.05) is 36.4 Å². The Hall–Kier alpha value is -1.32. The first-order valence-corrected chi connectivity index (χ1v) is 11.1. The molecule has 27 heavy (non-hydrogen) atoms. The molecule has 1 atom stereocenters. The van der Waals surface area contributed by atoms with Crippen LogP contribution >= 0.6 is 0 Å². The summed E-state index contributed by atoms with van der Waals surface area (Å²) in [5.74, 6) is 1.79. The van der Waals surface area contributed by atoms with Gasteiger partial charge in [-0.25, -0.2) is 0 Å². The third-order valence-electron chi connectivity index (χ3n) is 7.27. The van der Waals surface area contributed by atoms with Crippen molar-refractivity contribution < 1.29 is 5.11 Å². The topological polar surface area (TPSA) is 28.4 Å². The largest absolute Gasteiger partial charge is 0.387 e. The molecule has 1 aliphatic heterocycles. The van der Waals surface area contributed by atoms with Gasteiger partial charge in [0.1, 0.15) is 0 Å². The van der Waals surface area contributed by atoms with Crippen molar-refractivity contribution in [3.05, 3.63) is 36.0 Å². The Morgan fingerprint density at radius 1 is 0.889 bits per heavy atom. The number of nitrogens with zero attached hydrogens (tertiary/aromatic N) is 2. The summed E-state index contributed by atoms with van der Waals surface area (Å²) in [7, 11) is 0. The van der Waals surface area contributed by atoms with Crippen molar-refractivity contribution >= 4 is 10.9 Å². The molecule has 0 amide bonds. The van der Waals surface area contributed by atoms with Crippen LogP contribution in [0.15, 0.2) is 30.3 Å². The molecule has 0 radical (unpaired) electrons. The molecule has 3 nitrogen and oxygen atoms in total. The molecule has 1 saturated heterocycles. The average molecular weight is 369 g/mol. The summed E-state index contributed by atoms with van der Waals surface area (Å²) >= 11 is 0. The maximum absolute atomic E-state index is 10.3. The van der Waals surface area contributed by atoms with Crippen LogP contribution in [0.4, 0.5) is 0 Å². The van der Waals surface area contributed by atoms with E-state index in [1.807, 2.05) is 6.92 Å². The quantitative estimate of drug-likeness (QED) is 0.767. The molecule has 2 fully saturated rings. The van der Waals surface area contributed by atoms with E-state index in [1.165, 1.54) is 62.5 Å². The lowest BCUT2D eigenvalue weighted by Crippen LogP contribution is -2.44. The van der Waals surface area contributed by atoms with Gasteiger partial charge in [0.25, 0.3) is 0 Å². The van der Waals surface area contributed by atoms with Gasteiger partial charge in [-0.05, 0) is 74.8 Å². The molecule has 0 spiro atoms. The SMILES string of the molecule is CC(O)c1cc2ccccc2n1C1CCN(C2CCC(C(C)C)CC2)CC1. The Balaban J connectivity index is 1.44. The van der Waals surface area contributed by atoms with Crippen molar-refractivity contribution in [2.75, 3.05) is 13.1 Å². The zero-order valence-corrected chi connectivity index (χ0v) is 17.3. The second-order valence-electron chi connectivity index (χ2n) is 9.25. The number of aliphatic hydroxyl groups is 1. The second kappa shape index (κ2) is 7.97. The van der Waals surface area contributed by atoms with Crippen molar-refractivity contribution in [3.8, 4) is 0 Å². The van der Waals surface area contributed by atoms with E-state index in [4.69, 9.17) is 0 Å². The molecule has 1 unspecified atom stereocenters. The monoisotopic (exact) mass is 368 g/mol. The zero-order valence-electron chi connectivity index (χ0n) is 17.3. The summed E-state index contributed by atoms with van der Waals surface area (Å²) in [6, 6.07) is 12.1. The molecule has 1 saturated carbocycles. The maximum atomic E-state index is 10.3. The average Bonchev–Trinajstić information content (AvgIpc) is 3.08. The van der Waals surface area contributed by atoms with Crippen LogP contribution in [0.3, 0.4) is 0 Å². The van der Waals surface area contributed by atoms with Crippen molar-refractivity contribution in [2.45, 2.75) is 77.5 Å². The standard InChI is InChI=1S/C24H36N2O/c1-17(2)19-8-10-21(11-9-19)25-14-12-22(13-15-25)26-23-7-5-4-6-20(23)16-24(26)18(3)27/h4-7,16-19,21-22,27H,8-15H2,1-3H3. The summed E-state index contributed by atoms with van der Waals surface area (Å²) in [6.07, 6.45) is 7.58. The maximum Gasteiger partial charge on any atom is 0.0912 e. The van der Waals surface area contributed by atoms with E-state index in [0.717, 1.165) is 23.6 Å². The van der Waals surface area contributed by atoms with E-state index in [0.29, 0.717) is 6.04 Å². The first-order valence-electron chi connectivity index (χ1n) is 11.1. The number of likely N-dealkylation sites (tertiary alicyclic amines) is 1. The fourth-order valence-corrected chi connectivity index (χ4v) is 5.57. The lowest BCUT2D eigenvalue weighted by atomic mass is 9.79. The van der Waals surface area contributed by atoms with Gasteiger partial charge < -0.3 is 14.6 Å². The third-order valence-corrected chi connectivity index (χ3v) is 7.27. The Morgan fingerprint density at radius 3 is 2.19 bits per heavy atom. The molecule has 2 aliphatic rings. The predicted molar refractivity (Wildman–Crippen MR) is 113 cm³/mol. The molecule has 4 rings (SSSR count). The lowest BCUT2D eigenvalue weighted by molar-refractivity contribution is 0.0870. The Labute approximate surface area is 164 Å². The summed E-state index contributed by atoms with van der Waals surface area (Å²) < 4.78 is 2.44. The number of benzene rings is 1. The van der Waals surface area contributed by atoms with E-state index >= 15 is 0 Å². The highest BCUT2D eigenvalue weighted by molar-refractivity contribution is 5.81. The van der Waals surface area contributed by atoms with E-state index in [9.17, 15) is 5.11 Å². The molecule has 1 aliphatic carbocycles. The molecule has 1 aromatic heterocycles. The van der Waals surface area contributed by atoms with Crippen LogP contribution in [-0.2, 0) is 0 Å². The van der Waals surface area contributed by atoms with Crippen LogP contribution in [0.5, 0.6) is 0 Å². The fourth-order valence-electron chi connectivity index (χ4n) is 5.57. The third kappa shape index (κ3) is 3.82. The highest BCUT2D eigenvalue weighted by Gasteiger charge is 2.31. The van der Waals surface area contributed by atoms with Crippen LogP contribution < -0.4 is 0 Å². The molecule has 0 bridgehead atoms. The van der Waals surface area contributed by atoms with E-state index in [2.05, 4.69) is 53.6 Å². The summed E-state index contributed by atoms with van der Waals surface area (Å²) in [4.78, 5) is 2.76. The van der Waals surface area contributed by atoms with Crippen molar-refractivity contribution in [3.63, 3.8) is 0 Å². The molecule has 2 aromatic rings. The number of fused-ring (bicyclic) bond motifs is 1. The number of hydrogen-bond acceptors (Lipinski definition) is 2. The molecule has 148 valence electrons. The summed E-state index contributed by atoms with van der Waals surface area (Å²) in [6.45, 7) is 9.07. The highest BCUT2D eigenvalue weighted by Crippen LogP contribution is 2.36. The minimum absolute atomic E-state index is 0.415. The normalized spacial score (nSPS) is 26.7. The molecular formula is C24H36N2O. The van der Waals surface area contributed by atoms with Gasteiger partial charge in [-0.3, -0.25) is 0 Å². The van der Waals surface area contributed by atoms with Crippen molar-refractivity contribution in [1.29, 1.82) is 0 Å². The summed E-state index contributed by atoms with van der Waals surface area (Å²) in [5.41, 5.74) is 2.36. The zero-order chi connectivity index (χ0) is 19.0. The van der Waals surface area contributed by atoms with Gasteiger partial charge in [0.15, 0.2) is 0 Å². The van der Waals surface area contributed by atoms with Crippen molar-refractivity contribution in [1.82, 2.24) is 9.47 Å². The smallest absolute Gasteiger partial charge is 0.0912 e. The van der Waals surface area contributed by atoms with Gasteiger partial charge in [-0.1, -0.05) is 32.0 Å². The van der Waals surface area contributed by atoms with Crippen LogP contribution in [-0.4, -0.2) is 33.7 Å². The van der Waals surface area contributed by atoms with Crippen LogP contribution in [0, 0.1) is 11.8 Å². The number of rotatable bonds is 4. The number of aromatic nitrogens is 1. The van der Waals surface area contributed by atoms with Gasteiger partial charge in [-0.2, -0.15) is 0 Å². The minimum atomic E-state index is -0.415. The van der Waals surface area contributed by atoms with Crippen molar-refractivity contribution in [2.24, 2.45) is 11.8 Å². The van der Waals surface area contributed by atoms with Crippen LogP contribution in [0.1, 0.15) is 77.1 Å². The first kappa shape index (κ1) is 19.0. The first-order chi connectivity index (χ1) is 13.0. The molecule has 1 N–H and O–H groups in total.